The van der Waals surface area contributed by atoms with Crippen LogP contribution in [-0.2, 0) is 0 Å². The summed E-state index contributed by atoms with van der Waals surface area (Å²) in [6.07, 6.45) is 1.98. The smallest absolute Gasteiger partial charge is 0.0676 e. The van der Waals surface area contributed by atoms with E-state index in [2.05, 4.69) is 130 Å². The number of rotatable bonds is 19. The van der Waals surface area contributed by atoms with Gasteiger partial charge in [0, 0.05) is 28.8 Å². The molecule has 0 saturated carbocycles. The first-order valence-corrected chi connectivity index (χ1v) is 14.0. The van der Waals surface area contributed by atoms with E-state index in [9.17, 15) is 0 Å². The summed E-state index contributed by atoms with van der Waals surface area (Å²) < 4.78 is 0. The predicted molar refractivity (Wildman–Crippen MR) is 162 cm³/mol. The van der Waals surface area contributed by atoms with Crippen LogP contribution in [0.25, 0.3) is 0 Å². The normalized spacial score (nSPS) is 15.8. The van der Waals surface area contributed by atoms with Crippen LogP contribution in [-0.4, -0.2) is 24.2 Å². The Morgan fingerprint density at radius 1 is 0.556 bits per heavy atom. The third-order valence-corrected chi connectivity index (χ3v) is 6.91. The van der Waals surface area contributed by atoms with Crippen molar-refractivity contribution in [2.75, 3.05) is 0 Å². The first kappa shape index (κ1) is 33.9. The highest BCUT2D eigenvalue weighted by Gasteiger charge is 2.28. The molecule has 36 heavy (non-hydrogen) atoms. The standard InChI is InChI=1S/C32H60N4/c1-17-24(12)32(36-26(14)30(22(8)9)33-25(13)18-19(2)3)28(16)35-31(23(10)11)27(15)34-29(20(4)5)21(6)7/h19,21-24,29-36H,4,13-18H2,1-3,5-12H3. The third-order valence-electron chi connectivity index (χ3n) is 6.91. The summed E-state index contributed by atoms with van der Waals surface area (Å²) in [6, 6.07) is 0.369. The van der Waals surface area contributed by atoms with Crippen molar-refractivity contribution in [3.05, 3.63) is 61.3 Å². The van der Waals surface area contributed by atoms with E-state index in [1.807, 2.05) is 0 Å². The van der Waals surface area contributed by atoms with E-state index in [0.29, 0.717) is 29.6 Å². The van der Waals surface area contributed by atoms with Gasteiger partial charge in [0.05, 0.1) is 18.1 Å². The fourth-order valence-electron chi connectivity index (χ4n) is 4.62. The summed E-state index contributed by atoms with van der Waals surface area (Å²) in [5.74, 6) is 2.08. The van der Waals surface area contributed by atoms with Crippen molar-refractivity contribution in [2.24, 2.45) is 29.6 Å². The van der Waals surface area contributed by atoms with Crippen LogP contribution >= 0.6 is 0 Å². The highest BCUT2D eigenvalue weighted by atomic mass is 15.1. The van der Waals surface area contributed by atoms with E-state index in [4.69, 9.17) is 0 Å². The Labute approximate surface area is 225 Å². The van der Waals surface area contributed by atoms with Gasteiger partial charge in [0.1, 0.15) is 0 Å². The van der Waals surface area contributed by atoms with Gasteiger partial charge >= 0.3 is 0 Å². The lowest BCUT2D eigenvalue weighted by Crippen LogP contribution is -2.50. The Bertz CT molecular complexity index is 743. The molecule has 5 unspecified atom stereocenters. The van der Waals surface area contributed by atoms with Crippen molar-refractivity contribution in [3.63, 3.8) is 0 Å². The number of hydrogen-bond acceptors (Lipinski definition) is 4. The van der Waals surface area contributed by atoms with Gasteiger partial charge in [-0.05, 0) is 42.9 Å². The molecule has 0 aliphatic carbocycles. The molecule has 0 spiro atoms. The molecule has 4 N–H and O–H groups in total. The molecule has 4 nitrogen and oxygen atoms in total. The SMILES string of the molecule is C=C(CC(C)C)NC(C(=C)NC(C(=C)NC(C(=C)NC(C(=C)C)C(C)C)C(C)C)C(C)CC)C(C)C. The molecule has 4 heteroatoms. The second-order valence-electron chi connectivity index (χ2n) is 12.2. The zero-order chi connectivity index (χ0) is 28.3. The zero-order valence-electron chi connectivity index (χ0n) is 25.6. The highest BCUT2D eigenvalue weighted by molar-refractivity contribution is 5.20. The van der Waals surface area contributed by atoms with Crippen LogP contribution in [0.1, 0.15) is 89.0 Å². The Morgan fingerprint density at radius 3 is 1.28 bits per heavy atom. The molecule has 0 heterocycles. The van der Waals surface area contributed by atoms with Gasteiger partial charge in [-0.25, -0.2) is 0 Å². The van der Waals surface area contributed by atoms with Crippen molar-refractivity contribution in [3.8, 4) is 0 Å². The molecule has 0 fully saturated rings. The summed E-state index contributed by atoms with van der Waals surface area (Å²) in [4.78, 5) is 0. The van der Waals surface area contributed by atoms with Crippen molar-refractivity contribution in [1.82, 2.24) is 21.3 Å². The third kappa shape index (κ3) is 11.3. The summed E-state index contributed by atoms with van der Waals surface area (Å²) in [6.45, 7) is 46.1. The van der Waals surface area contributed by atoms with Crippen LogP contribution in [0.5, 0.6) is 0 Å². The summed E-state index contributed by atoms with van der Waals surface area (Å²) in [7, 11) is 0. The van der Waals surface area contributed by atoms with E-state index < -0.39 is 0 Å². The summed E-state index contributed by atoms with van der Waals surface area (Å²) >= 11 is 0. The van der Waals surface area contributed by atoms with Crippen LogP contribution < -0.4 is 21.3 Å². The average molecular weight is 501 g/mol. The van der Waals surface area contributed by atoms with E-state index in [1.54, 1.807) is 0 Å². The molecular formula is C32H60N4. The monoisotopic (exact) mass is 500 g/mol. The Hall–Kier alpha value is -2.10. The zero-order valence-corrected chi connectivity index (χ0v) is 25.6. The van der Waals surface area contributed by atoms with Crippen LogP contribution in [0.15, 0.2) is 61.3 Å². The van der Waals surface area contributed by atoms with Crippen molar-refractivity contribution in [2.45, 2.75) is 113 Å². The van der Waals surface area contributed by atoms with E-state index >= 15 is 0 Å². The van der Waals surface area contributed by atoms with Crippen molar-refractivity contribution in [1.29, 1.82) is 0 Å². The number of nitrogens with one attached hydrogen (secondary N) is 4. The van der Waals surface area contributed by atoms with Crippen molar-refractivity contribution >= 4 is 0 Å². The Balaban J connectivity index is 5.71. The minimum atomic E-state index is 0.0417. The van der Waals surface area contributed by atoms with Crippen LogP contribution in [0.4, 0.5) is 0 Å². The molecule has 0 aliphatic heterocycles. The van der Waals surface area contributed by atoms with Gasteiger partial charge < -0.3 is 21.3 Å². The first-order valence-electron chi connectivity index (χ1n) is 14.0. The topological polar surface area (TPSA) is 48.1 Å². The van der Waals surface area contributed by atoms with Gasteiger partial charge in [-0.1, -0.05) is 114 Å². The largest absolute Gasteiger partial charge is 0.380 e. The molecule has 0 aromatic heterocycles. The maximum atomic E-state index is 4.50. The molecule has 0 aliphatic rings. The lowest BCUT2D eigenvalue weighted by molar-refractivity contribution is 0.357. The molecular weight excluding hydrogens is 440 g/mol. The maximum Gasteiger partial charge on any atom is 0.0676 e. The molecule has 0 amide bonds. The fourth-order valence-corrected chi connectivity index (χ4v) is 4.62. The van der Waals surface area contributed by atoms with Crippen LogP contribution in [0.2, 0.25) is 0 Å². The quantitative estimate of drug-likeness (QED) is 0.139. The maximum absolute atomic E-state index is 4.50. The van der Waals surface area contributed by atoms with E-state index in [1.165, 1.54) is 0 Å². The predicted octanol–water partition coefficient (Wildman–Crippen LogP) is 7.51. The molecule has 0 aromatic carbocycles. The molecule has 0 saturated heterocycles. The minimum absolute atomic E-state index is 0.0417. The molecule has 5 atom stereocenters. The molecule has 208 valence electrons. The summed E-state index contributed by atoms with van der Waals surface area (Å²) in [5.41, 5.74) is 5.09. The summed E-state index contributed by atoms with van der Waals surface area (Å²) in [5, 5.41) is 14.7. The number of hydrogen-bond donors (Lipinski definition) is 4. The average Bonchev–Trinajstić information content (AvgIpc) is 2.75. The minimum Gasteiger partial charge on any atom is -0.380 e. The second kappa shape index (κ2) is 15.9. The second-order valence-corrected chi connectivity index (χ2v) is 12.2. The Kier molecular flexibility index (Phi) is 15.0. The highest BCUT2D eigenvalue weighted by Crippen LogP contribution is 2.22. The van der Waals surface area contributed by atoms with Crippen LogP contribution in [0.3, 0.4) is 0 Å². The van der Waals surface area contributed by atoms with Gasteiger partial charge in [0.25, 0.3) is 0 Å². The van der Waals surface area contributed by atoms with Gasteiger partial charge in [-0.2, -0.15) is 0 Å². The molecule has 0 aromatic rings. The fraction of sp³-hybridized carbons (Fsp3) is 0.688. The van der Waals surface area contributed by atoms with E-state index in [0.717, 1.165) is 41.2 Å². The van der Waals surface area contributed by atoms with Gasteiger partial charge in [-0.3, -0.25) is 0 Å². The number of allylic oxidation sites excluding steroid dienone is 1. The van der Waals surface area contributed by atoms with Gasteiger partial charge in [0.15, 0.2) is 0 Å². The van der Waals surface area contributed by atoms with Crippen molar-refractivity contribution < 1.29 is 0 Å². The van der Waals surface area contributed by atoms with E-state index in [-0.39, 0.29) is 24.2 Å². The lowest BCUT2D eigenvalue weighted by atomic mass is 9.92. The van der Waals surface area contributed by atoms with Gasteiger partial charge in [0.2, 0.25) is 0 Å². The Morgan fingerprint density at radius 2 is 0.917 bits per heavy atom. The molecule has 0 rings (SSSR count). The molecule has 0 radical (unpaired) electrons. The van der Waals surface area contributed by atoms with Crippen LogP contribution in [0, 0.1) is 29.6 Å². The first-order chi connectivity index (χ1) is 16.5. The van der Waals surface area contributed by atoms with Gasteiger partial charge in [-0.15, -0.1) is 0 Å². The molecule has 0 bridgehead atoms. The lowest BCUT2D eigenvalue weighted by Gasteiger charge is -2.37.